The average Bonchev–Trinajstić information content (AvgIpc) is 2.90. The lowest BCUT2D eigenvalue weighted by Crippen LogP contribution is -2.48. The van der Waals surface area contributed by atoms with Gasteiger partial charge in [-0.2, -0.15) is 0 Å². The van der Waals surface area contributed by atoms with E-state index >= 15 is 0 Å². The topological polar surface area (TPSA) is 139 Å². The van der Waals surface area contributed by atoms with Gasteiger partial charge >= 0.3 is 23.9 Å². The van der Waals surface area contributed by atoms with Crippen LogP contribution in [-0.2, 0) is 44.8 Å². The van der Waals surface area contributed by atoms with Gasteiger partial charge in [-0.3, -0.25) is 9.59 Å². The number of esters is 4. The zero-order valence-electron chi connectivity index (χ0n) is 19.5. The number of sulfone groups is 1. The number of carbonyl (C=O) groups excluding carboxylic acids is 4. The molecule has 35 heavy (non-hydrogen) atoms. The van der Waals surface area contributed by atoms with Gasteiger partial charge in [-0.25, -0.2) is 18.0 Å². The lowest BCUT2D eigenvalue weighted by Gasteiger charge is -2.38. The first-order chi connectivity index (χ1) is 16.6. The van der Waals surface area contributed by atoms with Crippen LogP contribution in [0, 0.1) is 5.41 Å². The third-order valence-corrected chi connectivity index (χ3v) is 8.16. The molecule has 0 aliphatic heterocycles. The molecule has 10 nitrogen and oxygen atoms in total. The second kappa shape index (κ2) is 9.87. The van der Waals surface area contributed by atoms with Gasteiger partial charge in [0.15, 0.2) is 15.3 Å². The van der Waals surface area contributed by atoms with E-state index in [0.29, 0.717) is 0 Å². The minimum atomic E-state index is -4.32. The molecular formula is C24H24O10S. The standard InChI is InChI=1S/C24H24O10S/c1-31-20(25)16-11-10-14-12-24(22(27)33-3,23(28)34-4)13-17(18(14)19(16)21(26)32-2)35(29,30)15-8-6-5-7-9-15/h5-11,17H,12-13H2,1-4H3. The molecule has 0 saturated carbocycles. The van der Waals surface area contributed by atoms with Crippen molar-refractivity contribution in [1.82, 2.24) is 0 Å². The molecule has 1 aliphatic carbocycles. The summed E-state index contributed by atoms with van der Waals surface area (Å²) < 4.78 is 47.2. The maximum atomic E-state index is 13.9. The number of fused-ring (bicyclic) bond motifs is 1. The van der Waals surface area contributed by atoms with Crippen molar-refractivity contribution in [2.24, 2.45) is 5.41 Å². The van der Waals surface area contributed by atoms with Gasteiger partial charge in [0.25, 0.3) is 0 Å². The molecule has 0 aromatic heterocycles. The summed E-state index contributed by atoms with van der Waals surface area (Å²) >= 11 is 0. The van der Waals surface area contributed by atoms with Crippen LogP contribution in [0.3, 0.4) is 0 Å². The highest BCUT2D eigenvalue weighted by atomic mass is 32.2. The molecule has 1 atom stereocenters. The first kappa shape index (κ1) is 25.9. The zero-order valence-corrected chi connectivity index (χ0v) is 20.3. The summed E-state index contributed by atoms with van der Waals surface area (Å²) in [6.07, 6.45) is -0.918. The summed E-state index contributed by atoms with van der Waals surface area (Å²) in [6.45, 7) is 0. The van der Waals surface area contributed by atoms with Crippen molar-refractivity contribution < 1.29 is 46.5 Å². The number of carbonyl (C=O) groups is 4. The van der Waals surface area contributed by atoms with Crippen LogP contribution in [-0.4, -0.2) is 60.7 Å². The Hall–Kier alpha value is -3.73. The van der Waals surface area contributed by atoms with Crippen molar-refractivity contribution >= 4 is 33.7 Å². The quantitative estimate of drug-likeness (QED) is 0.326. The number of hydrogen-bond donors (Lipinski definition) is 0. The van der Waals surface area contributed by atoms with Gasteiger partial charge < -0.3 is 18.9 Å². The fraction of sp³-hybridized carbons (Fsp3) is 0.333. The Morgan fingerprint density at radius 3 is 1.89 bits per heavy atom. The number of ether oxygens (including phenoxy) is 4. The molecule has 11 heteroatoms. The van der Waals surface area contributed by atoms with Gasteiger partial charge in [0.05, 0.1) is 49.7 Å². The Balaban J connectivity index is 2.45. The summed E-state index contributed by atoms with van der Waals surface area (Å²) in [6, 6.07) is 9.98. The molecule has 0 saturated heterocycles. The summed E-state index contributed by atoms with van der Waals surface area (Å²) in [5.41, 5.74) is -2.42. The predicted octanol–water partition coefficient (Wildman–Crippen LogP) is 2.05. The van der Waals surface area contributed by atoms with Crippen LogP contribution in [0.25, 0.3) is 0 Å². The SMILES string of the molecule is COC(=O)c1ccc2c(c1C(=O)OC)C(S(=O)(=O)c1ccccc1)CC(C(=O)OC)(C(=O)OC)C2. The molecular weight excluding hydrogens is 480 g/mol. The van der Waals surface area contributed by atoms with Crippen molar-refractivity contribution in [1.29, 1.82) is 0 Å². The molecule has 1 aliphatic rings. The van der Waals surface area contributed by atoms with Gasteiger partial charge in [0.2, 0.25) is 0 Å². The lowest BCUT2D eigenvalue weighted by atomic mass is 9.69. The van der Waals surface area contributed by atoms with Gasteiger partial charge in [0, 0.05) is 0 Å². The van der Waals surface area contributed by atoms with Crippen LogP contribution in [0.4, 0.5) is 0 Å². The van der Waals surface area contributed by atoms with E-state index in [9.17, 15) is 27.6 Å². The third-order valence-electron chi connectivity index (χ3n) is 6.08. The summed E-state index contributed by atoms with van der Waals surface area (Å²) in [4.78, 5) is 51.1. The van der Waals surface area contributed by atoms with Crippen LogP contribution >= 0.6 is 0 Å². The molecule has 0 spiro atoms. The first-order valence-electron chi connectivity index (χ1n) is 10.4. The monoisotopic (exact) mass is 504 g/mol. The largest absolute Gasteiger partial charge is 0.468 e. The predicted molar refractivity (Wildman–Crippen MR) is 120 cm³/mol. The van der Waals surface area contributed by atoms with Crippen LogP contribution in [0.1, 0.15) is 43.5 Å². The molecule has 2 aromatic carbocycles. The molecule has 2 aromatic rings. The van der Waals surface area contributed by atoms with E-state index in [-0.39, 0.29) is 33.6 Å². The molecule has 0 heterocycles. The average molecular weight is 505 g/mol. The number of methoxy groups -OCH3 is 4. The third kappa shape index (κ3) is 4.27. The van der Waals surface area contributed by atoms with Crippen LogP contribution in [0.2, 0.25) is 0 Å². The summed E-state index contributed by atoms with van der Waals surface area (Å²) in [5, 5.41) is -1.61. The maximum absolute atomic E-state index is 13.9. The fourth-order valence-corrected chi connectivity index (χ4v) is 6.38. The van der Waals surface area contributed by atoms with Crippen molar-refractivity contribution in [2.75, 3.05) is 28.4 Å². The van der Waals surface area contributed by atoms with Gasteiger partial charge in [-0.05, 0) is 42.2 Å². The number of hydrogen-bond acceptors (Lipinski definition) is 10. The maximum Gasteiger partial charge on any atom is 0.339 e. The zero-order chi connectivity index (χ0) is 26.0. The lowest BCUT2D eigenvalue weighted by molar-refractivity contribution is -0.170. The Morgan fingerprint density at radius 1 is 0.800 bits per heavy atom. The van der Waals surface area contributed by atoms with Gasteiger partial charge in [-0.15, -0.1) is 0 Å². The van der Waals surface area contributed by atoms with Crippen molar-refractivity contribution in [3.8, 4) is 0 Å². The molecule has 1 unspecified atom stereocenters. The van der Waals surface area contributed by atoms with Crippen molar-refractivity contribution in [3.63, 3.8) is 0 Å². The molecule has 3 rings (SSSR count). The van der Waals surface area contributed by atoms with Gasteiger partial charge in [0.1, 0.15) is 0 Å². The first-order valence-corrected chi connectivity index (χ1v) is 11.9. The minimum Gasteiger partial charge on any atom is -0.468 e. The van der Waals surface area contributed by atoms with Crippen LogP contribution in [0.5, 0.6) is 0 Å². The highest BCUT2D eigenvalue weighted by Crippen LogP contribution is 2.50. The van der Waals surface area contributed by atoms with E-state index in [4.69, 9.17) is 18.9 Å². The molecule has 0 radical (unpaired) electrons. The van der Waals surface area contributed by atoms with E-state index in [1.54, 1.807) is 6.07 Å². The minimum absolute atomic E-state index is 0.0490. The van der Waals surface area contributed by atoms with Gasteiger partial charge in [-0.1, -0.05) is 24.3 Å². The Morgan fingerprint density at radius 2 is 1.37 bits per heavy atom. The fourth-order valence-electron chi connectivity index (χ4n) is 4.43. The number of benzene rings is 2. The van der Waals surface area contributed by atoms with E-state index in [2.05, 4.69) is 0 Å². The Kier molecular flexibility index (Phi) is 7.30. The Bertz CT molecular complexity index is 1260. The van der Waals surface area contributed by atoms with E-state index in [1.807, 2.05) is 0 Å². The van der Waals surface area contributed by atoms with E-state index < -0.39 is 50.8 Å². The Labute approximate surface area is 202 Å². The van der Waals surface area contributed by atoms with E-state index in [1.165, 1.54) is 36.4 Å². The second-order valence-electron chi connectivity index (χ2n) is 7.84. The molecule has 0 fully saturated rings. The molecule has 0 N–H and O–H groups in total. The molecule has 0 bridgehead atoms. The molecule has 186 valence electrons. The summed E-state index contributed by atoms with van der Waals surface area (Å²) in [5.74, 6) is -3.83. The number of rotatable bonds is 6. The highest BCUT2D eigenvalue weighted by Gasteiger charge is 2.56. The van der Waals surface area contributed by atoms with Crippen LogP contribution < -0.4 is 0 Å². The van der Waals surface area contributed by atoms with E-state index in [0.717, 1.165) is 28.4 Å². The van der Waals surface area contributed by atoms with Crippen molar-refractivity contribution in [3.05, 3.63) is 64.7 Å². The summed E-state index contributed by atoms with van der Waals surface area (Å²) in [7, 11) is 0.0215. The van der Waals surface area contributed by atoms with Crippen molar-refractivity contribution in [2.45, 2.75) is 23.0 Å². The molecule has 0 amide bonds. The normalized spacial score (nSPS) is 16.4. The van der Waals surface area contributed by atoms with Crippen LogP contribution in [0.15, 0.2) is 47.4 Å². The smallest absolute Gasteiger partial charge is 0.339 e. The highest BCUT2D eigenvalue weighted by molar-refractivity contribution is 7.91. The second-order valence-corrected chi connectivity index (χ2v) is 9.97.